The number of ether oxygens (including phenoxy) is 2. The van der Waals surface area contributed by atoms with Crippen molar-refractivity contribution in [3.05, 3.63) is 83.2 Å². The minimum Gasteiger partial charge on any atom is -0.352 e. The molecule has 36 heavy (non-hydrogen) atoms. The normalized spacial score (nSPS) is 17.9. The lowest BCUT2D eigenvalue weighted by Crippen LogP contribution is -2.31. The molecule has 0 aliphatic carbocycles. The lowest BCUT2D eigenvalue weighted by molar-refractivity contribution is -0.190. The summed E-state index contributed by atoms with van der Waals surface area (Å²) in [6, 6.07) is 15.5. The molecule has 0 bridgehead atoms. The lowest BCUT2D eigenvalue weighted by Gasteiger charge is -2.30. The van der Waals surface area contributed by atoms with Crippen LogP contribution in [-0.2, 0) is 15.8 Å². The fraction of sp³-hybridized carbons (Fsp3) is 0.400. The second-order valence-corrected chi connectivity index (χ2v) is 9.56. The minimum absolute atomic E-state index is 0.137. The Hall–Kier alpha value is -2.57. The summed E-state index contributed by atoms with van der Waals surface area (Å²) >= 11 is 0. The summed E-state index contributed by atoms with van der Waals surface area (Å²) in [6.45, 7) is 3.10. The van der Waals surface area contributed by atoms with Crippen LogP contribution in [0.2, 0.25) is 0 Å². The molecule has 4 rings (SSSR count). The zero-order valence-electron chi connectivity index (χ0n) is 21.2. The van der Waals surface area contributed by atoms with Gasteiger partial charge >= 0.3 is 0 Å². The summed E-state index contributed by atoms with van der Waals surface area (Å²) in [6.07, 6.45) is 7.13. The van der Waals surface area contributed by atoms with Crippen molar-refractivity contribution in [2.75, 3.05) is 13.2 Å². The molecule has 1 heterocycles. The van der Waals surface area contributed by atoms with Crippen LogP contribution in [0.5, 0.6) is 0 Å². The fourth-order valence-corrected chi connectivity index (χ4v) is 4.77. The van der Waals surface area contributed by atoms with Crippen molar-refractivity contribution in [1.29, 1.82) is 0 Å². The SMILES string of the molecule is BCc1ccc(-c2ccc(-c3ccc(C4COC(CCCCCCC)OC4)c(F)c3)cc2)c(F)c1F. The third kappa shape index (κ3) is 6.22. The molecule has 0 radical (unpaired) electrons. The van der Waals surface area contributed by atoms with E-state index in [-0.39, 0.29) is 23.6 Å². The number of unbranched alkanes of at least 4 members (excludes halogenated alkanes) is 4. The van der Waals surface area contributed by atoms with Crippen LogP contribution in [-0.4, -0.2) is 27.4 Å². The average molecular weight is 494 g/mol. The maximum Gasteiger partial charge on any atom is 0.166 e. The minimum atomic E-state index is -0.840. The third-order valence-corrected chi connectivity index (χ3v) is 7.02. The molecule has 0 amide bonds. The van der Waals surface area contributed by atoms with Gasteiger partial charge in [-0.05, 0) is 46.7 Å². The van der Waals surface area contributed by atoms with E-state index in [0.717, 1.165) is 24.0 Å². The van der Waals surface area contributed by atoms with Crippen LogP contribution in [0, 0.1) is 17.5 Å². The van der Waals surface area contributed by atoms with Crippen molar-refractivity contribution < 1.29 is 22.6 Å². The Balaban J connectivity index is 1.38. The summed E-state index contributed by atoms with van der Waals surface area (Å²) in [5.41, 5.74) is 3.26. The van der Waals surface area contributed by atoms with Crippen LogP contribution in [0.1, 0.15) is 62.5 Å². The van der Waals surface area contributed by atoms with Crippen LogP contribution in [0.15, 0.2) is 54.6 Å². The molecular weight excluding hydrogens is 460 g/mol. The van der Waals surface area contributed by atoms with E-state index in [2.05, 4.69) is 6.92 Å². The molecule has 0 saturated carbocycles. The molecular formula is C30H34BF3O2. The molecule has 1 fully saturated rings. The standard InChI is InChI=1S/C30H34BF3O2/c1-2-3-4-5-6-7-28-35-18-24(19-36-28)25-14-12-22(16-27(25)32)20-8-10-21(11-9-20)26-15-13-23(17-31)29(33)30(26)34/h8-16,24,28H,2-7,17-19,31H2,1H3. The van der Waals surface area contributed by atoms with Crippen LogP contribution < -0.4 is 0 Å². The van der Waals surface area contributed by atoms with Gasteiger partial charge < -0.3 is 9.47 Å². The highest BCUT2D eigenvalue weighted by molar-refractivity contribution is 6.08. The maximum absolute atomic E-state index is 15.0. The zero-order valence-corrected chi connectivity index (χ0v) is 21.2. The van der Waals surface area contributed by atoms with Crippen LogP contribution in [0.3, 0.4) is 0 Å². The van der Waals surface area contributed by atoms with E-state index < -0.39 is 11.6 Å². The molecule has 1 aliphatic heterocycles. The first kappa shape index (κ1) is 26.5. The molecule has 6 heteroatoms. The van der Waals surface area contributed by atoms with E-state index in [1.807, 2.05) is 6.07 Å². The van der Waals surface area contributed by atoms with Gasteiger partial charge in [-0.3, -0.25) is 0 Å². The number of halogens is 3. The first-order chi connectivity index (χ1) is 17.5. The molecule has 0 unspecified atom stereocenters. The van der Waals surface area contributed by atoms with E-state index in [9.17, 15) is 8.78 Å². The summed E-state index contributed by atoms with van der Waals surface area (Å²) in [5, 5.41) is 0. The highest BCUT2D eigenvalue weighted by atomic mass is 19.2. The van der Waals surface area contributed by atoms with Gasteiger partial charge in [0.25, 0.3) is 0 Å². The summed E-state index contributed by atoms with van der Waals surface area (Å²) in [5.74, 6) is -2.07. The van der Waals surface area contributed by atoms with E-state index in [1.54, 1.807) is 50.3 Å². The molecule has 0 N–H and O–H groups in total. The van der Waals surface area contributed by atoms with E-state index >= 15 is 4.39 Å². The van der Waals surface area contributed by atoms with Crippen LogP contribution in [0.4, 0.5) is 13.2 Å². The molecule has 3 aromatic rings. The summed E-state index contributed by atoms with van der Waals surface area (Å²) in [7, 11) is 1.79. The van der Waals surface area contributed by atoms with E-state index in [4.69, 9.17) is 9.47 Å². The molecule has 1 saturated heterocycles. The predicted octanol–water partition coefficient (Wildman–Crippen LogP) is 7.39. The van der Waals surface area contributed by atoms with Crippen molar-refractivity contribution in [1.82, 2.24) is 0 Å². The maximum atomic E-state index is 15.0. The lowest BCUT2D eigenvalue weighted by atomic mass is 9.93. The third-order valence-electron chi connectivity index (χ3n) is 7.02. The molecule has 2 nitrogen and oxygen atoms in total. The highest BCUT2D eigenvalue weighted by Gasteiger charge is 2.25. The van der Waals surface area contributed by atoms with Gasteiger partial charge in [0.05, 0.1) is 13.2 Å². The van der Waals surface area contributed by atoms with Crippen molar-refractivity contribution >= 4 is 7.85 Å². The zero-order chi connectivity index (χ0) is 25.5. The van der Waals surface area contributed by atoms with Gasteiger partial charge in [-0.2, -0.15) is 0 Å². The Labute approximate surface area is 213 Å². The Morgan fingerprint density at radius 3 is 2.11 bits per heavy atom. The Morgan fingerprint density at radius 1 is 0.778 bits per heavy atom. The van der Waals surface area contributed by atoms with Gasteiger partial charge in [-0.15, -0.1) is 0 Å². The van der Waals surface area contributed by atoms with Crippen LogP contribution in [0.25, 0.3) is 22.3 Å². The van der Waals surface area contributed by atoms with Gasteiger partial charge in [0.15, 0.2) is 17.9 Å². The second kappa shape index (κ2) is 12.6. The molecule has 0 aromatic heterocycles. The van der Waals surface area contributed by atoms with Gasteiger partial charge in [-0.1, -0.05) is 87.5 Å². The van der Waals surface area contributed by atoms with Gasteiger partial charge in [0, 0.05) is 11.5 Å². The largest absolute Gasteiger partial charge is 0.352 e. The van der Waals surface area contributed by atoms with Crippen molar-refractivity contribution in [3.63, 3.8) is 0 Å². The fourth-order valence-electron chi connectivity index (χ4n) is 4.77. The predicted molar refractivity (Wildman–Crippen MR) is 141 cm³/mol. The Morgan fingerprint density at radius 2 is 1.44 bits per heavy atom. The molecule has 190 valence electrons. The second-order valence-electron chi connectivity index (χ2n) is 9.56. The van der Waals surface area contributed by atoms with Crippen molar-refractivity contribution in [3.8, 4) is 22.3 Å². The van der Waals surface area contributed by atoms with Crippen molar-refractivity contribution in [2.24, 2.45) is 0 Å². The number of rotatable bonds is 10. The van der Waals surface area contributed by atoms with Gasteiger partial charge in [0.1, 0.15) is 13.7 Å². The average Bonchev–Trinajstić information content (AvgIpc) is 2.91. The number of hydrogen-bond acceptors (Lipinski definition) is 2. The van der Waals surface area contributed by atoms with E-state index in [1.165, 1.54) is 31.7 Å². The van der Waals surface area contributed by atoms with Crippen molar-refractivity contribution in [2.45, 2.75) is 64.0 Å². The molecule has 0 atom stereocenters. The highest BCUT2D eigenvalue weighted by Crippen LogP contribution is 2.32. The Kier molecular flexibility index (Phi) is 9.27. The number of benzene rings is 3. The van der Waals surface area contributed by atoms with Crippen LogP contribution >= 0.6 is 0 Å². The quantitative estimate of drug-likeness (QED) is 0.216. The van der Waals surface area contributed by atoms with E-state index in [0.29, 0.717) is 36.2 Å². The summed E-state index contributed by atoms with van der Waals surface area (Å²) < 4.78 is 55.5. The molecule has 3 aromatic carbocycles. The molecule has 1 aliphatic rings. The summed E-state index contributed by atoms with van der Waals surface area (Å²) in [4.78, 5) is 0. The monoisotopic (exact) mass is 494 g/mol. The first-order valence-electron chi connectivity index (χ1n) is 13.1. The molecule has 0 spiro atoms. The van der Waals surface area contributed by atoms with Gasteiger partial charge in [-0.25, -0.2) is 13.2 Å². The van der Waals surface area contributed by atoms with Gasteiger partial charge in [0.2, 0.25) is 0 Å². The number of hydrogen-bond donors (Lipinski definition) is 0. The first-order valence-corrected chi connectivity index (χ1v) is 13.1. The topological polar surface area (TPSA) is 18.5 Å². The smallest absolute Gasteiger partial charge is 0.166 e. The Bertz CT molecular complexity index is 1140.